The Morgan fingerprint density at radius 3 is 2.79 bits per heavy atom. The van der Waals surface area contributed by atoms with Crippen LogP contribution in [-0.2, 0) is 13.0 Å². The Bertz CT molecular complexity index is 552. The summed E-state index contributed by atoms with van der Waals surface area (Å²) in [5.41, 5.74) is 10.2. The first-order chi connectivity index (χ1) is 9.20. The van der Waals surface area contributed by atoms with Crippen molar-refractivity contribution >= 4 is 0 Å². The molecule has 3 nitrogen and oxygen atoms in total. The Kier molecular flexibility index (Phi) is 4.53. The van der Waals surface area contributed by atoms with Gasteiger partial charge in [-0.25, -0.2) is 0 Å². The largest absolute Gasteiger partial charge is 0.488 e. The summed E-state index contributed by atoms with van der Waals surface area (Å²) >= 11 is 0. The minimum atomic E-state index is 0.539. The maximum atomic E-state index is 5.97. The van der Waals surface area contributed by atoms with Gasteiger partial charge >= 0.3 is 0 Å². The first-order valence-electron chi connectivity index (χ1n) is 6.52. The summed E-state index contributed by atoms with van der Waals surface area (Å²) in [7, 11) is 0. The summed E-state index contributed by atoms with van der Waals surface area (Å²) in [6.07, 6.45) is 4.52. The van der Waals surface area contributed by atoms with Crippen molar-refractivity contribution in [3.05, 3.63) is 58.9 Å². The van der Waals surface area contributed by atoms with Crippen LogP contribution >= 0.6 is 0 Å². The minimum Gasteiger partial charge on any atom is -0.488 e. The SMILES string of the molecule is Cc1cncc(COc2c(C)cccc2CCN)c1. The van der Waals surface area contributed by atoms with Gasteiger partial charge in [-0.2, -0.15) is 0 Å². The molecule has 2 aromatic rings. The van der Waals surface area contributed by atoms with Crippen LogP contribution < -0.4 is 10.5 Å². The van der Waals surface area contributed by atoms with Gasteiger partial charge in [-0.3, -0.25) is 4.98 Å². The lowest BCUT2D eigenvalue weighted by Gasteiger charge is -2.14. The highest BCUT2D eigenvalue weighted by atomic mass is 16.5. The molecular weight excluding hydrogens is 236 g/mol. The van der Waals surface area contributed by atoms with Gasteiger partial charge in [0.15, 0.2) is 0 Å². The maximum absolute atomic E-state index is 5.97. The van der Waals surface area contributed by atoms with Crippen LogP contribution in [0.5, 0.6) is 5.75 Å². The molecule has 19 heavy (non-hydrogen) atoms. The molecule has 3 heteroatoms. The Morgan fingerprint density at radius 1 is 1.21 bits per heavy atom. The molecule has 1 heterocycles. The van der Waals surface area contributed by atoms with Crippen molar-refractivity contribution in [1.82, 2.24) is 4.98 Å². The number of benzene rings is 1. The molecule has 0 atom stereocenters. The molecule has 0 saturated heterocycles. The quantitative estimate of drug-likeness (QED) is 0.895. The number of ether oxygens (including phenoxy) is 1. The molecule has 0 radical (unpaired) electrons. The van der Waals surface area contributed by atoms with Crippen LogP contribution in [0, 0.1) is 13.8 Å². The summed E-state index contributed by atoms with van der Waals surface area (Å²) in [5, 5.41) is 0. The molecule has 0 saturated carbocycles. The highest BCUT2D eigenvalue weighted by Crippen LogP contribution is 2.24. The van der Waals surface area contributed by atoms with Crippen LogP contribution in [0.15, 0.2) is 36.7 Å². The second-order valence-corrected chi connectivity index (χ2v) is 4.76. The molecule has 1 aromatic carbocycles. The number of para-hydroxylation sites is 1. The van der Waals surface area contributed by atoms with E-state index in [0.29, 0.717) is 13.2 Å². The fraction of sp³-hybridized carbons (Fsp3) is 0.312. The average Bonchev–Trinajstić information content (AvgIpc) is 2.38. The highest BCUT2D eigenvalue weighted by molar-refractivity contribution is 5.41. The van der Waals surface area contributed by atoms with Crippen LogP contribution in [0.1, 0.15) is 22.3 Å². The van der Waals surface area contributed by atoms with E-state index in [1.54, 1.807) is 0 Å². The van der Waals surface area contributed by atoms with Crippen molar-refractivity contribution in [2.24, 2.45) is 5.73 Å². The summed E-state index contributed by atoms with van der Waals surface area (Å²) < 4.78 is 5.97. The fourth-order valence-electron chi connectivity index (χ4n) is 2.12. The number of pyridine rings is 1. The number of nitrogens with zero attached hydrogens (tertiary/aromatic N) is 1. The van der Waals surface area contributed by atoms with Crippen molar-refractivity contribution < 1.29 is 4.74 Å². The van der Waals surface area contributed by atoms with E-state index in [0.717, 1.165) is 28.9 Å². The third-order valence-electron chi connectivity index (χ3n) is 3.02. The van der Waals surface area contributed by atoms with E-state index in [-0.39, 0.29) is 0 Å². The molecule has 0 bridgehead atoms. The predicted molar refractivity (Wildman–Crippen MR) is 77.2 cm³/mol. The first-order valence-corrected chi connectivity index (χ1v) is 6.52. The first kappa shape index (κ1) is 13.6. The predicted octanol–water partition coefficient (Wildman–Crippen LogP) is 2.78. The Labute approximate surface area is 114 Å². The number of hydrogen-bond acceptors (Lipinski definition) is 3. The van der Waals surface area contributed by atoms with E-state index in [1.807, 2.05) is 25.4 Å². The van der Waals surface area contributed by atoms with Crippen LogP contribution in [-0.4, -0.2) is 11.5 Å². The topological polar surface area (TPSA) is 48.1 Å². The molecule has 0 fully saturated rings. The highest BCUT2D eigenvalue weighted by Gasteiger charge is 2.06. The van der Waals surface area contributed by atoms with Crippen molar-refractivity contribution in [2.45, 2.75) is 26.9 Å². The van der Waals surface area contributed by atoms with Crippen molar-refractivity contribution in [3.63, 3.8) is 0 Å². The lowest BCUT2D eigenvalue weighted by molar-refractivity contribution is 0.300. The molecule has 0 spiro atoms. The lowest BCUT2D eigenvalue weighted by Crippen LogP contribution is -2.06. The van der Waals surface area contributed by atoms with Crippen molar-refractivity contribution in [3.8, 4) is 5.75 Å². The summed E-state index contributed by atoms with van der Waals surface area (Å²) in [6.45, 7) is 5.26. The Hall–Kier alpha value is -1.87. The average molecular weight is 256 g/mol. The summed E-state index contributed by atoms with van der Waals surface area (Å²) in [4.78, 5) is 4.18. The zero-order chi connectivity index (χ0) is 13.7. The third kappa shape index (κ3) is 3.55. The minimum absolute atomic E-state index is 0.539. The molecule has 0 aliphatic rings. The Balaban J connectivity index is 2.14. The van der Waals surface area contributed by atoms with Gasteiger partial charge in [0, 0.05) is 18.0 Å². The summed E-state index contributed by atoms with van der Waals surface area (Å²) in [6, 6.07) is 8.27. The van der Waals surface area contributed by atoms with E-state index in [4.69, 9.17) is 10.5 Å². The smallest absolute Gasteiger partial charge is 0.125 e. The number of hydrogen-bond donors (Lipinski definition) is 1. The van der Waals surface area contributed by atoms with E-state index in [9.17, 15) is 0 Å². The molecular formula is C16H20N2O. The van der Waals surface area contributed by atoms with Gasteiger partial charge in [0.2, 0.25) is 0 Å². The number of aryl methyl sites for hydroxylation is 2. The lowest BCUT2D eigenvalue weighted by atomic mass is 10.1. The van der Waals surface area contributed by atoms with Crippen LogP contribution in [0.25, 0.3) is 0 Å². The molecule has 0 aliphatic carbocycles. The molecule has 100 valence electrons. The molecule has 2 N–H and O–H groups in total. The van der Waals surface area contributed by atoms with Gasteiger partial charge in [0.05, 0.1) is 0 Å². The third-order valence-corrected chi connectivity index (χ3v) is 3.02. The van der Waals surface area contributed by atoms with Gasteiger partial charge in [0.25, 0.3) is 0 Å². The molecule has 2 rings (SSSR count). The number of rotatable bonds is 5. The monoisotopic (exact) mass is 256 g/mol. The second kappa shape index (κ2) is 6.34. The van der Waals surface area contributed by atoms with Gasteiger partial charge in [-0.15, -0.1) is 0 Å². The van der Waals surface area contributed by atoms with Gasteiger partial charge in [-0.1, -0.05) is 18.2 Å². The fourth-order valence-corrected chi connectivity index (χ4v) is 2.12. The maximum Gasteiger partial charge on any atom is 0.125 e. The van der Waals surface area contributed by atoms with Crippen molar-refractivity contribution in [2.75, 3.05) is 6.54 Å². The molecule has 1 aromatic heterocycles. The zero-order valence-corrected chi connectivity index (χ0v) is 11.5. The standard InChI is InChI=1S/C16H20N2O/c1-12-8-14(10-18-9-12)11-19-16-13(2)4-3-5-15(16)6-7-17/h3-5,8-10H,6-7,11,17H2,1-2H3. The van der Waals surface area contributed by atoms with E-state index in [1.165, 1.54) is 5.56 Å². The normalized spacial score (nSPS) is 10.5. The van der Waals surface area contributed by atoms with Gasteiger partial charge < -0.3 is 10.5 Å². The zero-order valence-electron chi connectivity index (χ0n) is 11.5. The van der Waals surface area contributed by atoms with Crippen LogP contribution in [0.3, 0.4) is 0 Å². The molecule has 0 amide bonds. The van der Waals surface area contributed by atoms with E-state index < -0.39 is 0 Å². The summed E-state index contributed by atoms with van der Waals surface area (Å²) in [5.74, 6) is 0.953. The van der Waals surface area contributed by atoms with E-state index in [2.05, 4.69) is 30.1 Å². The Morgan fingerprint density at radius 2 is 2.05 bits per heavy atom. The second-order valence-electron chi connectivity index (χ2n) is 4.76. The van der Waals surface area contributed by atoms with Crippen LogP contribution in [0.4, 0.5) is 0 Å². The molecule has 0 aliphatic heterocycles. The van der Waals surface area contributed by atoms with Gasteiger partial charge in [-0.05, 0) is 49.6 Å². The number of nitrogens with two attached hydrogens (primary N) is 1. The number of aromatic nitrogens is 1. The van der Waals surface area contributed by atoms with Crippen molar-refractivity contribution in [1.29, 1.82) is 0 Å². The van der Waals surface area contributed by atoms with Crippen LogP contribution in [0.2, 0.25) is 0 Å². The molecule has 0 unspecified atom stereocenters. The van der Waals surface area contributed by atoms with Gasteiger partial charge in [0.1, 0.15) is 12.4 Å². The van der Waals surface area contributed by atoms with E-state index >= 15 is 0 Å².